The maximum absolute atomic E-state index is 12.4. The number of hydrogen-bond donors (Lipinski definition) is 2. The molecular weight excluding hydrogens is 342 g/mol. The number of nitro benzene ring substituents is 1. The Morgan fingerprint density at radius 3 is 2.73 bits per heavy atom. The van der Waals surface area contributed by atoms with E-state index in [1.165, 1.54) is 25.3 Å². The zero-order valence-corrected chi connectivity index (χ0v) is 14.1. The number of carbonyl (C=O) groups is 1. The molecule has 2 N–H and O–H groups in total. The van der Waals surface area contributed by atoms with E-state index in [1.54, 1.807) is 25.1 Å². The van der Waals surface area contributed by atoms with Crippen LogP contribution in [-0.4, -0.2) is 30.8 Å². The van der Waals surface area contributed by atoms with Crippen molar-refractivity contribution in [1.82, 2.24) is 0 Å². The molecule has 0 bridgehead atoms. The molecule has 0 fully saturated rings. The van der Waals surface area contributed by atoms with Gasteiger partial charge in [-0.05, 0) is 25.1 Å². The molecule has 0 aliphatic carbocycles. The van der Waals surface area contributed by atoms with Gasteiger partial charge in [0, 0.05) is 23.9 Å². The standard InChI is InChI=1S/C17H17N3O6/c1-10(18-11-3-5-15-16(7-11)26-9-25-15)17(21)19-13-8-12(20(22)23)4-6-14(13)24-2/h3-8,10,18H,9H2,1-2H3,(H,19,21). The fourth-order valence-corrected chi connectivity index (χ4v) is 2.45. The molecule has 1 unspecified atom stereocenters. The normalized spacial score (nSPS) is 13.0. The summed E-state index contributed by atoms with van der Waals surface area (Å²) in [6.45, 7) is 1.84. The molecule has 1 atom stereocenters. The lowest BCUT2D eigenvalue weighted by Gasteiger charge is -2.16. The summed E-state index contributed by atoms with van der Waals surface area (Å²) in [7, 11) is 1.42. The molecule has 0 radical (unpaired) electrons. The average molecular weight is 359 g/mol. The maximum atomic E-state index is 12.4. The largest absolute Gasteiger partial charge is 0.495 e. The fraction of sp³-hybridized carbons (Fsp3) is 0.235. The van der Waals surface area contributed by atoms with Crippen LogP contribution in [0.25, 0.3) is 0 Å². The number of non-ortho nitro benzene ring substituents is 1. The van der Waals surface area contributed by atoms with E-state index in [0.29, 0.717) is 22.9 Å². The summed E-state index contributed by atoms with van der Waals surface area (Å²) in [4.78, 5) is 22.8. The topological polar surface area (TPSA) is 112 Å². The molecule has 0 spiro atoms. The number of nitrogens with zero attached hydrogens (tertiary/aromatic N) is 1. The third kappa shape index (κ3) is 3.61. The Hall–Kier alpha value is -3.49. The average Bonchev–Trinajstić information content (AvgIpc) is 3.09. The van der Waals surface area contributed by atoms with Crippen LogP contribution >= 0.6 is 0 Å². The van der Waals surface area contributed by atoms with Gasteiger partial charge in [-0.2, -0.15) is 0 Å². The minimum Gasteiger partial charge on any atom is -0.495 e. The van der Waals surface area contributed by atoms with Crippen molar-refractivity contribution in [3.63, 3.8) is 0 Å². The van der Waals surface area contributed by atoms with Gasteiger partial charge in [-0.25, -0.2) is 0 Å². The van der Waals surface area contributed by atoms with Gasteiger partial charge in [-0.3, -0.25) is 14.9 Å². The molecule has 136 valence electrons. The summed E-state index contributed by atoms with van der Waals surface area (Å²) in [5, 5.41) is 16.6. The lowest BCUT2D eigenvalue weighted by atomic mass is 10.2. The molecule has 0 saturated carbocycles. The molecular formula is C17H17N3O6. The van der Waals surface area contributed by atoms with Crippen LogP contribution in [0.15, 0.2) is 36.4 Å². The number of nitrogens with one attached hydrogen (secondary N) is 2. The first-order valence-electron chi connectivity index (χ1n) is 7.77. The van der Waals surface area contributed by atoms with Gasteiger partial charge in [0.25, 0.3) is 5.69 Å². The summed E-state index contributed by atoms with van der Waals surface area (Å²) in [6.07, 6.45) is 0. The molecule has 1 heterocycles. The molecule has 9 heteroatoms. The highest BCUT2D eigenvalue weighted by atomic mass is 16.7. The second-order valence-electron chi connectivity index (χ2n) is 5.57. The number of anilines is 2. The van der Waals surface area contributed by atoms with Gasteiger partial charge >= 0.3 is 0 Å². The van der Waals surface area contributed by atoms with Crippen LogP contribution < -0.4 is 24.8 Å². The smallest absolute Gasteiger partial charge is 0.271 e. The second kappa shape index (κ2) is 7.18. The van der Waals surface area contributed by atoms with E-state index in [-0.39, 0.29) is 24.1 Å². The summed E-state index contributed by atoms with van der Waals surface area (Å²) in [5.41, 5.74) is 0.770. The van der Waals surface area contributed by atoms with Crippen LogP contribution in [0, 0.1) is 10.1 Å². The summed E-state index contributed by atoms with van der Waals surface area (Å²) >= 11 is 0. The predicted octanol–water partition coefficient (Wildman–Crippen LogP) is 2.77. The highest BCUT2D eigenvalue weighted by Gasteiger charge is 2.19. The first kappa shape index (κ1) is 17.3. The summed E-state index contributed by atoms with van der Waals surface area (Å²) in [5.74, 6) is 1.21. The Morgan fingerprint density at radius 1 is 1.23 bits per heavy atom. The van der Waals surface area contributed by atoms with Crippen LogP contribution in [0.5, 0.6) is 17.2 Å². The number of carbonyl (C=O) groups excluding carboxylic acids is 1. The number of ether oxygens (including phenoxy) is 3. The van der Waals surface area contributed by atoms with Crippen LogP contribution in [0.1, 0.15) is 6.92 Å². The highest BCUT2D eigenvalue weighted by Crippen LogP contribution is 2.34. The Kier molecular flexibility index (Phi) is 4.78. The molecule has 1 aliphatic rings. The first-order chi connectivity index (χ1) is 12.5. The number of amides is 1. The van der Waals surface area contributed by atoms with Gasteiger partial charge in [0.15, 0.2) is 11.5 Å². The van der Waals surface area contributed by atoms with Gasteiger partial charge in [0.2, 0.25) is 12.7 Å². The third-order valence-corrected chi connectivity index (χ3v) is 3.80. The van der Waals surface area contributed by atoms with Crippen LogP contribution in [0.2, 0.25) is 0 Å². The number of fused-ring (bicyclic) bond motifs is 1. The number of nitro groups is 1. The highest BCUT2D eigenvalue weighted by molar-refractivity contribution is 5.97. The van der Waals surface area contributed by atoms with Crippen molar-refractivity contribution in [1.29, 1.82) is 0 Å². The van der Waals surface area contributed by atoms with E-state index in [2.05, 4.69) is 10.6 Å². The van der Waals surface area contributed by atoms with Crippen LogP contribution in [0.4, 0.5) is 17.1 Å². The Bertz CT molecular complexity index is 854. The Labute approximate surface area is 149 Å². The van der Waals surface area contributed by atoms with Crippen molar-refractivity contribution in [2.24, 2.45) is 0 Å². The Balaban J connectivity index is 1.71. The van der Waals surface area contributed by atoms with E-state index in [1.807, 2.05) is 0 Å². The van der Waals surface area contributed by atoms with E-state index in [9.17, 15) is 14.9 Å². The van der Waals surface area contributed by atoms with Gasteiger partial charge in [-0.1, -0.05) is 0 Å². The Morgan fingerprint density at radius 2 is 2.00 bits per heavy atom. The first-order valence-corrected chi connectivity index (χ1v) is 7.77. The lowest BCUT2D eigenvalue weighted by Crippen LogP contribution is -2.32. The van der Waals surface area contributed by atoms with E-state index < -0.39 is 11.0 Å². The molecule has 9 nitrogen and oxygen atoms in total. The number of methoxy groups -OCH3 is 1. The molecule has 1 amide bonds. The molecule has 0 aromatic heterocycles. The van der Waals surface area contributed by atoms with E-state index >= 15 is 0 Å². The van der Waals surface area contributed by atoms with Crippen molar-refractivity contribution < 1.29 is 23.9 Å². The number of hydrogen-bond acceptors (Lipinski definition) is 7. The minimum absolute atomic E-state index is 0.141. The summed E-state index contributed by atoms with van der Waals surface area (Å²) in [6, 6.07) is 8.64. The molecule has 2 aromatic carbocycles. The van der Waals surface area contributed by atoms with Gasteiger partial charge in [0.1, 0.15) is 11.8 Å². The minimum atomic E-state index is -0.612. The maximum Gasteiger partial charge on any atom is 0.271 e. The predicted molar refractivity (Wildman–Crippen MR) is 93.9 cm³/mol. The molecule has 1 aliphatic heterocycles. The lowest BCUT2D eigenvalue weighted by molar-refractivity contribution is -0.384. The molecule has 3 rings (SSSR count). The zero-order valence-electron chi connectivity index (χ0n) is 14.1. The van der Waals surface area contributed by atoms with Crippen molar-refractivity contribution in [2.45, 2.75) is 13.0 Å². The van der Waals surface area contributed by atoms with Gasteiger partial charge in [-0.15, -0.1) is 0 Å². The zero-order chi connectivity index (χ0) is 18.7. The molecule has 0 saturated heterocycles. The number of rotatable bonds is 6. The van der Waals surface area contributed by atoms with Gasteiger partial charge in [0.05, 0.1) is 17.7 Å². The third-order valence-electron chi connectivity index (χ3n) is 3.80. The molecule has 26 heavy (non-hydrogen) atoms. The van der Waals surface area contributed by atoms with E-state index in [4.69, 9.17) is 14.2 Å². The molecule has 2 aromatic rings. The van der Waals surface area contributed by atoms with Crippen LogP contribution in [0.3, 0.4) is 0 Å². The monoisotopic (exact) mass is 359 g/mol. The number of benzene rings is 2. The van der Waals surface area contributed by atoms with Gasteiger partial charge < -0.3 is 24.8 Å². The van der Waals surface area contributed by atoms with E-state index in [0.717, 1.165) is 0 Å². The van der Waals surface area contributed by atoms with Crippen molar-refractivity contribution in [3.8, 4) is 17.2 Å². The second-order valence-corrected chi connectivity index (χ2v) is 5.57. The SMILES string of the molecule is COc1ccc([N+](=O)[O-])cc1NC(=O)C(C)Nc1ccc2c(c1)OCO2. The van der Waals surface area contributed by atoms with Crippen molar-refractivity contribution >= 4 is 23.0 Å². The fourth-order valence-electron chi connectivity index (χ4n) is 2.45. The van der Waals surface area contributed by atoms with Crippen molar-refractivity contribution in [2.75, 3.05) is 24.5 Å². The van der Waals surface area contributed by atoms with Crippen molar-refractivity contribution in [3.05, 3.63) is 46.5 Å². The summed E-state index contributed by atoms with van der Waals surface area (Å²) < 4.78 is 15.7. The van der Waals surface area contributed by atoms with Crippen LogP contribution in [-0.2, 0) is 4.79 Å². The quantitative estimate of drug-likeness (QED) is 0.602.